The first-order chi connectivity index (χ1) is 13.1. The van der Waals surface area contributed by atoms with Gasteiger partial charge in [0.1, 0.15) is 0 Å². The maximum atomic E-state index is 12.9. The van der Waals surface area contributed by atoms with Crippen molar-refractivity contribution in [3.05, 3.63) is 72.8 Å². The molecule has 27 heavy (non-hydrogen) atoms. The number of carbonyl (C=O) groups excluding carboxylic acids is 2. The Morgan fingerprint density at radius 1 is 0.926 bits per heavy atom. The van der Waals surface area contributed by atoms with Gasteiger partial charge in [-0.05, 0) is 47.3 Å². The molecule has 6 heteroatoms. The second-order valence-corrected chi connectivity index (χ2v) is 6.48. The number of rotatable bonds is 3. The molecule has 0 unspecified atom stereocenters. The maximum absolute atomic E-state index is 12.9. The van der Waals surface area contributed by atoms with E-state index in [2.05, 4.69) is 10.3 Å². The smallest absolute Gasteiger partial charge is 0.251 e. The minimum atomic E-state index is -1.04. The zero-order chi connectivity index (χ0) is 18.8. The van der Waals surface area contributed by atoms with E-state index >= 15 is 0 Å². The Labute approximate surface area is 161 Å². The summed E-state index contributed by atoms with van der Waals surface area (Å²) in [4.78, 5) is 30.8. The van der Waals surface area contributed by atoms with Gasteiger partial charge in [0.2, 0.25) is 5.91 Å². The quantitative estimate of drug-likeness (QED) is 0.433. The lowest BCUT2D eigenvalue weighted by Gasteiger charge is -2.30. The minimum Gasteiger partial charge on any atom is -0.301 e. The van der Waals surface area contributed by atoms with Crippen LogP contribution in [0.5, 0.6) is 0 Å². The summed E-state index contributed by atoms with van der Waals surface area (Å²) in [6.07, 6.45) is 1.37. The van der Waals surface area contributed by atoms with Crippen LogP contribution in [-0.2, 0) is 9.59 Å². The summed E-state index contributed by atoms with van der Waals surface area (Å²) >= 11 is 5.18. The van der Waals surface area contributed by atoms with Crippen molar-refractivity contribution in [1.82, 2.24) is 5.32 Å². The molecule has 1 saturated heterocycles. The van der Waals surface area contributed by atoms with Crippen molar-refractivity contribution < 1.29 is 9.59 Å². The van der Waals surface area contributed by atoms with Crippen LogP contribution in [0.4, 0.5) is 11.4 Å². The summed E-state index contributed by atoms with van der Waals surface area (Å²) in [5, 5.41) is 4.80. The highest BCUT2D eigenvalue weighted by Crippen LogP contribution is 2.23. The van der Waals surface area contributed by atoms with E-state index in [1.165, 1.54) is 11.1 Å². The van der Waals surface area contributed by atoms with E-state index < -0.39 is 17.7 Å². The number of fused-ring (bicyclic) bond motifs is 1. The lowest BCUT2D eigenvalue weighted by molar-refractivity contribution is -0.130. The lowest BCUT2D eigenvalue weighted by Crippen LogP contribution is -2.58. The summed E-state index contributed by atoms with van der Waals surface area (Å²) in [5.41, 5.74) is 1.28. The predicted molar refractivity (Wildman–Crippen MR) is 110 cm³/mol. The molecule has 0 saturated carbocycles. The predicted octanol–water partition coefficient (Wildman–Crippen LogP) is 3.61. The first-order valence-electron chi connectivity index (χ1n) is 8.40. The van der Waals surface area contributed by atoms with Gasteiger partial charge < -0.3 is 5.32 Å². The van der Waals surface area contributed by atoms with E-state index in [1.807, 2.05) is 48.5 Å². The molecular formula is C21H15N3O2S. The summed E-state index contributed by atoms with van der Waals surface area (Å²) in [6, 6.07) is 22.6. The highest BCUT2D eigenvalue weighted by Gasteiger charge is 2.38. The van der Waals surface area contributed by atoms with E-state index in [1.54, 1.807) is 24.3 Å². The number of thiocarbonyl (C=S) groups is 1. The molecule has 1 aliphatic rings. The van der Waals surface area contributed by atoms with Crippen LogP contribution in [0.3, 0.4) is 0 Å². The standard InChI is InChI=1S/C21H15N3O2S/c25-19-18(13-22-16-11-10-14-6-4-5-7-15(14)12-16)20(26)24(21(27)23-19)17-8-2-1-3-9-17/h1-13,18H,(H,23,25,27)/t18-/m1/s1. The van der Waals surface area contributed by atoms with E-state index in [0.29, 0.717) is 11.4 Å². The Morgan fingerprint density at radius 2 is 1.63 bits per heavy atom. The summed E-state index contributed by atoms with van der Waals surface area (Å²) < 4.78 is 0. The van der Waals surface area contributed by atoms with Gasteiger partial charge in [-0.25, -0.2) is 0 Å². The molecule has 5 nitrogen and oxygen atoms in total. The Hall–Kier alpha value is -3.38. The number of carbonyl (C=O) groups is 2. The van der Waals surface area contributed by atoms with Gasteiger partial charge in [0.15, 0.2) is 11.0 Å². The van der Waals surface area contributed by atoms with E-state index in [9.17, 15) is 9.59 Å². The second kappa shape index (κ2) is 7.09. The Balaban J connectivity index is 1.63. The zero-order valence-corrected chi connectivity index (χ0v) is 15.0. The monoisotopic (exact) mass is 373 g/mol. The molecule has 4 rings (SSSR count). The lowest BCUT2D eigenvalue weighted by atomic mass is 10.1. The van der Waals surface area contributed by atoms with E-state index in [-0.39, 0.29) is 5.11 Å². The van der Waals surface area contributed by atoms with Gasteiger partial charge >= 0.3 is 0 Å². The summed E-state index contributed by atoms with van der Waals surface area (Å²) in [6.45, 7) is 0. The molecule has 3 aromatic rings. The molecule has 1 fully saturated rings. The third-order valence-electron chi connectivity index (χ3n) is 4.32. The molecular weight excluding hydrogens is 358 g/mol. The highest BCUT2D eigenvalue weighted by molar-refractivity contribution is 7.80. The SMILES string of the molecule is O=C1NC(=S)N(c2ccccc2)C(=O)[C@@H]1C=Nc1ccc2ccccc2c1. The number of para-hydroxylation sites is 1. The fourth-order valence-corrected chi connectivity index (χ4v) is 3.26. The molecule has 1 heterocycles. The van der Waals surface area contributed by atoms with Crippen LogP contribution in [0, 0.1) is 5.92 Å². The fraction of sp³-hybridized carbons (Fsp3) is 0.0476. The van der Waals surface area contributed by atoms with Crippen LogP contribution in [0.15, 0.2) is 77.8 Å². The van der Waals surface area contributed by atoms with Crippen LogP contribution >= 0.6 is 12.2 Å². The number of nitrogens with one attached hydrogen (secondary N) is 1. The number of hydrogen-bond acceptors (Lipinski definition) is 4. The number of benzene rings is 3. The number of aliphatic imine (C=N–C) groups is 1. The van der Waals surface area contributed by atoms with Crippen LogP contribution in [-0.4, -0.2) is 23.1 Å². The molecule has 132 valence electrons. The Bertz CT molecular complexity index is 1080. The first-order valence-corrected chi connectivity index (χ1v) is 8.81. The number of anilines is 1. The van der Waals surface area contributed by atoms with Crippen molar-refractivity contribution in [3.63, 3.8) is 0 Å². The third kappa shape index (κ3) is 3.35. The highest BCUT2D eigenvalue weighted by atomic mass is 32.1. The first kappa shape index (κ1) is 17.1. The fourth-order valence-electron chi connectivity index (χ4n) is 2.96. The number of nitrogens with zero attached hydrogens (tertiary/aromatic N) is 2. The molecule has 1 atom stereocenters. The summed E-state index contributed by atoms with van der Waals surface area (Å²) in [7, 11) is 0. The largest absolute Gasteiger partial charge is 0.301 e. The molecule has 0 bridgehead atoms. The second-order valence-electron chi connectivity index (χ2n) is 6.09. The number of amides is 2. The van der Waals surface area contributed by atoms with Crippen molar-refractivity contribution in [2.45, 2.75) is 0 Å². The minimum absolute atomic E-state index is 0.0755. The van der Waals surface area contributed by atoms with Gasteiger partial charge in [-0.15, -0.1) is 0 Å². The Kier molecular flexibility index (Phi) is 4.48. The van der Waals surface area contributed by atoms with Gasteiger partial charge in [0.05, 0.1) is 11.4 Å². The molecule has 0 spiro atoms. The van der Waals surface area contributed by atoms with Gasteiger partial charge in [-0.3, -0.25) is 19.5 Å². The summed E-state index contributed by atoms with van der Waals surface area (Å²) in [5.74, 6) is -1.93. The van der Waals surface area contributed by atoms with E-state index in [0.717, 1.165) is 10.8 Å². The molecule has 1 aliphatic heterocycles. The normalized spacial score (nSPS) is 17.6. The van der Waals surface area contributed by atoms with Crippen molar-refractivity contribution in [2.24, 2.45) is 10.9 Å². The van der Waals surface area contributed by atoms with Crippen LogP contribution in [0.1, 0.15) is 0 Å². The number of hydrogen-bond donors (Lipinski definition) is 1. The molecule has 0 radical (unpaired) electrons. The van der Waals surface area contributed by atoms with E-state index in [4.69, 9.17) is 12.2 Å². The van der Waals surface area contributed by atoms with Gasteiger partial charge in [-0.1, -0.05) is 48.5 Å². The van der Waals surface area contributed by atoms with Crippen molar-refractivity contribution in [2.75, 3.05) is 4.90 Å². The van der Waals surface area contributed by atoms with Crippen LogP contribution in [0.25, 0.3) is 10.8 Å². The van der Waals surface area contributed by atoms with Gasteiger partial charge in [0.25, 0.3) is 5.91 Å². The molecule has 2 amide bonds. The van der Waals surface area contributed by atoms with Crippen LogP contribution in [0.2, 0.25) is 0 Å². The average molecular weight is 373 g/mol. The zero-order valence-electron chi connectivity index (χ0n) is 14.2. The molecule has 3 aromatic carbocycles. The van der Waals surface area contributed by atoms with Crippen molar-refractivity contribution in [1.29, 1.82) is 0 Å². The average Bonchev–Trinajstić information content (AvgIpc) is 2.68. The molecule has 0 aliphatic carbocycles. The third-order valence-corrected chi connectivity index (χ3v) is 4.61. The molecule has 1 N–H and O–H groups in total. The van der Waals surface area contributed by atoms with Crippen molar-refractivity contribution >= 4 is 57.5 Å². The Morgan fingerprint density at radius 3 is 2.41 bits per heavy atom. The van der Waals surface area contributed by atoms with Gasteiger partial charge in [0, 0.05) is 6.21 Å². The maximum Gasteiger partial charge on any atom is 0.251 e. The van der Waals surface area contributed by atoms with Crippen LogP contribution < -0.4 is 10.2 Å². The topological polar surface area (TPSA) is 61.8 Å². The van der Waals surface area contributed by atoms with Gasteiger partial charge in [-0.2, -0.15) is 0 Å². The molecule has 0 aromatic heterocycles. The van der Waals surface area contributed by atoms with Crippen molar-refractivity contribution in [3.8, 4) is 0 Å².